The third kappa shape index (κ3) is 3.98. The number of amides is 1. The number of pyridine rings is 1. The fourth-order valence-electron chi connectivity index (χ4n) is 2.51. The smallest absolute Gasteiger partial charge is 0.346 e. The van der Waals surface area contributed by atoms with Crippen LogP contribution < -0.4 is 11.0 Å². The van der Waals surface area contributed by atoms with E-state index in [1.807, 2.05) is 44.2 Å². The van der Waals surface area contributed by atoms with Gasteiger partial charge in [0.2, 0.25) is 0 Å². The summed E-state index contributed by atoms with van der Waals surface area (Å²) in [6, 6.07) is 11.2. The van der Waals surface area contributed by atoms with Gasteiger partial charge < -0.3 is 10.3 Å². The van der Waals surface area contributed by atoms with Crippen molar-refractivity contribution in [3.63, 3.8) is 0 Å². The van der Waals surface area contributed by atoms with Crippen molar-refractivity contribution in [2.45, 2.75) is 20.4 Å². The van der Waals surface area contributed by atoms with E-state index in [4.69, 9.17) is 0 Å². The number of carbonyl (C=O) groups is 1. The molecular formula is C19H18N4O2. The molecule has 1 aromatic carbocycles. The molecule has 0 saturated heterocycles. The summed E-state index contributed by atoms with van der Waals surface area (Å²) in [5.74, 6) is -0.358. The number of aromatic nitrogens is 3. The van der Waals surface area contributed by atoms with E-state index < -0.39 is 5.69 Å². The minimum Gasteiger partial charge on any atom is -0.347 e. The van der Waals surface area contributed by atoms with E-state index in [1.165, 1.54) is 0 Å². The summed E-state index contributed by atoms with van der Waals surface area (Å²) in [5, 5.41) is 2.78. The average Bonchev–Trinajstić information content (AvgIpc) is 2.62. The van der Waals surface area contributed by atoms with Gasteiger partial charge in [0.05, 0.1) is 5.69 Å². The van der Waals surface area contributed by atoms with Crippen molar-refractivity contribution in [2.75, 3.05) is 0 Å². The number of aromatic amines is 1. The Morgan fingerprint density at radius 1 is 1.12 bits per heavy atom. The highest BCUT2D eigenvalue weighted by molar-refractivity contribution is 5.93. The Morgan fingerprint density at radius 3 is 2.64 bits per heavy atom. The molecule has 126 valence electrons. The fraction of sp³-hybridized carbons (Fsp3) is 0.158. The molecule has 0 atom stereocenters. The Labute approximate surface area is 145 Å². The number of benzene rings is 1. The lowest BCUT2D eigenvalue weighted by Gasteiger charge is -2.09. The number of nitrogens with zero attached hydrogens (tertiary/aromatic N) is 2. The van der Waals surface area contributed by atoms with E-state index in [-0.39, 0.29) is 11.6 Å². The molecule has 0 aliphatic carbocycles. The topological polar surface area (TPSA) is 87.7 Å². The van der Waals surface area contributed by atoms with Crippen LogP contribution in [0, 0.1) is 13.8 Å². The molecule has 25 heavy (non-hydrogen) atoms. The molecule has 0 fully saturated rings. The maximum Gasteiger partial charge on any atom is 0.346 e. The zero-order valence-corrected chi connectivity index (χ0v) is 14.0. The molecule has 0 radical (unpaired) electrons. The molecule has 0 aliphatic rings. The maximum atomic E-state index is 12.4. The van der Waals surface area contributed by atoms with E-state index in [9.17, 15) is 9.59 Å². The number of carbonyl (C=O) groups excluding carboxylic acids is 1. The summed E-state index contributed by atoms with van der Waals surface area (Å²) in [5.41, 5.74) is 3.94. The lowest BCUT2D eigenvalue weighted by molar-refractivity contribution is 0.0945. The summed E-state index contributed by atoms with van der Waals surface area (Å²) in [6.07, 6.45) is 3.32. The highest BCUT2D eigenvalue weighted by Crippen LogP contribution is 2.22. The summed E-state index contributed by atoms with van der Waals surface area (Å²) >= 11 is 0. The molecule has 2 heterocycles. The monoisotopic (exact) mass is 334 g/mol. The molecule has 3 rings (SSSR count). The number of nitrogens with one attached hydrogen (secondary N) is 2. The van der Waals surface area contributed by atoms with Gasteiger partial charge in [-0.2, -0.15) is 4.98 Å². The SMILES string of the molecule is Cc1ccc(C)c(-c2cc(C(=O)NCc3ccncc3)[nH]c(=O)n2)c1. The van der Waals surface area contributed by atoms with Crippen molar-refractivity contribution in [1.29, 1.82) is 0 Å². The number of hydrogen-bond donors (Lipinski definition) is 2. The molecular weight excluding hydrogens is 316 g/mol. The average molecular weight is 334 g/mol. The standard InChI is InChI=1S/C19H18N4O2/c1-12-3-4-13(2)15(9-12)16-10-17(23-19(25)22-16)18(24)21-11-14-5-7-20-8-6-14/h3-10H,11H2,1-2H3,(H,21,24)(H,22,23,25). The minimum absolute atomic E-state index is 0.185. The van der Waals surface area contributed by atoms with Crippen LogP contribution in [-0.2, 0) is 6.54 Å². The van der Waals surface area contributed by atoms with Crippen LogP contribution in [0.4, 0.5) is 0 Å². The van der Waals surface area contributed by atoms with Gasteiger partial charge in [-0.15, -0.1) is 0 Å². The van der Waals surface area contributed by atoms with Gasteiger partial charge in [-0.05, 0) is 49.2 Å². The normalized spacial score (nSPS) is 10.5. The van der Waals surface area contributed by atoms with Crippen molar-refractivity contribution in [3.05, 3.63) is 81.7 Å². The molecule has 0 saturated carbocycles. The van der Waals surface area contributed by atoms with Crippen LogP contribution in [0.25, 0.3) is 11.3 Å². The first-order valence-electron chi connectivity index (χ1n) is 7.89. The number of H-pyrrole nitrogens is 1. The van der Waals surface area contributed by atoms with E-state index >= 15 is 0 Å². The molecule has 2 aromatic heterocycles. The van der Waals surface area contributed by atoms with Crippen molar-refractivity contribution in [3.8, 4) is 11.3 Å². The largest absolute Gasteiger partial charge is 0.347 e. The van der Waals surface area contributed by atoms with Crippen LogP contribution >= 0.6 is 0 Å². The van der Waals surface area contributed by atoms with Gasteiger partial charge in [0.25, 0.3) is 5.91 Å². The third-order valence-electron chi connectivity index (χ3n) is 3.86. The third-order valence-corrected chi connectivity index (χ3v) is 3.86. The minimum atomic E-state index is -0.549. The maximum absolute atomic E-state index is 12.4. The van der Waals surface area contributed by atoms with E-state index in [0.717, 1.165) is 22.3 Å². The Morgan fingerprint density at radius 2 is 1.88 bits per heavy atom. The second-order valence-electron chi connectivity index (χ2n) is 5.84. The first kappa shape index (κ1) is 16.6. The number of hydrogen-bond acceptors (Lipinski definition) is 4. The van der Waals surface area contributed by atoms with E-state index in [1.54, 1.807) is 18.5 Å². The van der Waals surface area contributed by atoms with Gasteiger partial charge >= 0.3 is 5.69 Å². The van der Waals surface area contributed by atoms with Crippen LogP contribution in [0.1, 0.15) is 27.2 Å². The molecule has 2 N–H and O–H groups in total. The first-order chi connectivity index (χ1) is 12.0. The van der Waals surface area contributed by atoms with Gasteiger partial charge in [0.1, 0.15) is 5.69 Å². The molecule has 0 unspecified atom stereocenters. The Balaban J connectivity index is 1.87. The second kappa shape index (κ2) is 7.09. The molecule has 1 amide bonds. The van der Waals surface area contributed by atoms with Crippen LogP contribution in [0.5, 0.6) is 0 Å². The van der Waals surface area contributed by atoms with E-state index in [0.29, 0.717) is 12.2 Å². The first-order valence-corrected chi connectivity index (χ1v) is 7.89. The summed E-state index contributed by atoms with van der Waals surface area (Å²) in [4.78, 5) is 34.7. The van der Waals surface area contributed by atoms with Gasteiger partial charge in [-0.25, -0.2) is 4.79 Å². The zero-order valence-electron chi connectivity index (χ0n) is 14.0. The molecule has 3 aromatic rings. The summed E-state index contributed by atoms with van der Waals surface area (Å²) < 4.78 is 0. The quantitative estimate of drug-likeness (QED) is 0.767. The lowest BCUT2D eigenvalue weighted by atomic mass is 10.0. The van der Waals surface area contributed by atoms with Gasteiger partial charge in [0, 0.05) is 24.5 Å². The van der Waals surface area contributed by atoms with Gasteiger partial charge in [-0.3, -0.25) is 9.78 Å². The van der Waals surface area contributed by atoms with Gasteiger partial charge in [-0.1, -0.05) is 17.7 Å². The number of aryl methyl sites for hydroxylation is 2. The highest BCUT2D eigenvalue weighted by Gasteiger charge is 2.12. The Kier molecular flexibility index (Phi) is 4.70. The fourth-order valence-corrected chi connectivity index (χ4v) is 2.51. The molecule has 0 aliphatic heterocycles. The van der Waals surface area contributed by atoms with Gasteiger partial charge in [0.15, 0.2) is 0 Å². The number of rotatable bonds is 4. The Bertz CT molecular complexity index is 965. The van der Waals surface area contributed by atoms with Crippen molar-refractivity contribution in [1.82, 2.24) is 20.3 Å². The predicted molar refractivity (Wildman–Crippen MR) is 95.2 cm³/mol. The second-order valence-corrected chi connectivity index (χ2v) is 5.84. The predicted octanol–water partition coefficient (Wildman–Crippen LogP) is 2.38. The van der Waals surface area contributed by atoms with E-state index in [2.05, 4.69) is 20.3 Å². The zero-order chi connectivity index (χ0) is 17.8. The molecule has 6 nitrogen and oxygen atoms in total. The van der Waals surface area contributed by atoms with Crippen molar-refractivity contribution < 1.29 is 4.79 Å². The molecule has 0 bridgehead atoms. The highest BCUT2D eigenvalue weighted by atomic mass is 16.2. The lowest BCUT2D eigenvalue weighted by Crippen LogP contribution is -2.27. The summed E-state index contributed by atoms with van der Waals surface area (Å²) in [6.45, 7) is 4.27. The van der Waals surface area contributed by atoms with Crippen LogP contribution in [0.15, 0.2) is 53.6 Å². The van der Waals surface area contributed by atoms with Crippen LogP contribution in [0.3, 0.4) is 0 Å². The van der Waals surface area contributed by atoms with Crippen molar-refractivity contribution >= 4 is 5.91 Å². The Hall–Kier alpha value is -3.28. The van der Waals surface area contributed by atoms with Crippen LogP contribution in [-0.4, -0.2) is 20.9 Å². The molecule has 6 heteroatoms. The summed E-state index contributed by atoms with van der Waals surface area (Å²) in [7, 11) is 0. The van der Waals surface area contributed by atoms with Crippen molar-refractivity contribution in [2.24, 2.45) is 0 Å². The van der Waals surface area contributed by atoms with Crippen LogP contribution in [0.2, 0.25) is 0 Å². The molecule has 0 spiro atoms.